The van der Waals surface area contributed by atoms with Gasteiger partial charge in [0.15, 0.2) is 0 Å². The van der Waals surface area contributed by atoms with E-state index in [1.54, 1.807) is 0 Å². The number of halogens is 2. The van der Waals surface area contributed by atoms with Gasteiger partial charge in [-0.15, -0.1) is 0 Å². The number of hydrogen-bond donors (Lipinski definition) is 1. The molecule has 18 heavy (non-hydrogen) atoms. The normalized spacial score (nSPS) is 19.7. The fourth-order valence-corrected chi connectivity index (χ4v) is 2.95. The first-order valence-electron chi connectivity index (χ1n) is 6.59. The molecule has 1 aromatic carbocycles. The van der Waals surface area contributed by atoms with Gasteiger partial charge < -0.3 is 5.32 Å². The van der Waals surface area contributed by atoms with Crippen molar-refractivity contribution >= 4 is 23.2 Å². The Morgan fingerprint density at radius 2 is 2.06 bits per heavy atom. The van der Waals surface area contributed by atoms with Crippen molar-refractivity contribution in [1.82, 2.24) is 10.2 Å². The number of likely N-dealkylation sites (N-methyl/N-ethyl adjacent to an activating group) is 1. The molecule has 2 nitrogen and oxygen atoms in total. The highest BCUT2D eigenvalue weighted by atomic mass is 35.5. The van der Waals surface area contributed by atoms with Gasteiger partial charge in [-0.25, -0.2) is 0 Å². The first-order valence-corrected chi connectivity index (χ1v) is 7.35. The molecule has 0 radical (unpaired) electrons. The number of rotatable bonds is 5. The van der Waals surface area contributed by atoms with Gasteiger partial charge in [0.05, 0.1) is 0 Å². The maximum Gasteiger partial charge on any atom is 0.0465 e. The fraction of sp³-hybridized carbons (Fsp3) is 0.571. The molecule has 0 bridgehead atoms. The highest BCUT2D eigenvalue weighted by Crippen LogP contribution is 2.25. The minimum absolute atomic E-state index is 0.617. The van der Waals surface area contributed by atoms with Crippen molar-refractivity contribution in [1.29, 1.82) is 0 Å². The average molecular weight is 287 g/mol. The van der Waals surface area contributed by atoms with Gasteiger partial charge in [-0.05, 0) is 38.1 Å². The predicted molar refractivity (Wildman–Crippen MR) is 78.4 cm³/mol. The fourth-order valence-electron chi connectivity index (χ4n) is 2.44. The highest BCUT2D eigenvalue weighted by molar-refractivity contribution is 6.35. The van der Waals surface area contributed by atoms with Gasteiger partial charge in [-0.3, -0.25) is 4.90 Å². The third-order valence-corrected chi connectivity index (χ3v) is 4.24. The number of benzene rings is 1. The Balaban J connectivity index is 2.00. The zero-order valence-corrected chi connectivity index (χ0v) is 12.3. The minimum Gasteiger partial charge on any atom is -0.313 e. The van der Waals surface area contributed by atoms with E-state index in [-0.39, 0.29) is 0 Å². The Kier molecular flexibility index (Phi) is 5.31. The van der Waals surface area contributed by atoms with Crippen LogP contribution in [-0.4, -0.2) is 30.6 Å². The number of nitrogens with one attached hydrogen (secondary N) is 1. The highest BCUT2D eigenvalue weighted by Gasteiger charge is 2.18. The lowest BCUT2D eigenvalue weighted by Crippen LogP contribution is -2.37. The van der Waals surface area contributed by atoms with Crippen LogP contribution >= 0.6 is 23.2 Å². The van der Waals surface area contributed by atoms with Crippen LogP contribution in [0, 0.1) is 0 Å². The van der Waals surface area contributed by atoms with Gasteiger partial charge in [0.2, 0.25) is 0 Å². The topological polar surface area (TPSA) is 15.3 Å². The van der Waals surface area contributed by atoms with Gasteiger partial charge >= 0.3 is 0 Å². The molecule has 1 aliphatic rings. The molecule has 1 fully saturated rings. The van der Waals surface area contributed by atoms with E-state index in [0.717, 1.165) is 41.8 Å². The Labute approximate surface area is 119 Å². The third-order valence-electron chi connectivity index (χ3n) is 3.53. The lowest BCUT2D eigenvalue weighted by atomic mass is 10.1. The molecular weight excluding hydrogens is 267 g/mol. The first-order chi connectivity index (χ1) is 8.70. The smallest absolute Gasteiger partial charge is 0.0465 e. The van der Waals surface area contributed by atoms with E-state index in [2.05, 4.69) is 17.1 Å². The maximum absolute atomic E-state index is 6.22. The summed E-state index contributed by atoms with van der Waals surface area (Å²) in [4.78, 5) is 2.40. The molecule has 1 unspecified atom stereocenters. The molecular formula is C14H20Cl2N2. The largest absolute Gasteiger partial charge is 0.313 e. The molecule has 1 N–H and O–H groups in total. The van der Waals surface area contributed by atoms with E-state index in [0.29, 0.717) is 6.04 Å². The zero-order chi connectivity index (χ0) is 13.0. The van der Waals surface area contributed by atoms with Crippen LogP contribution in [-0.2, 0) is 6.54 Å². The second-order valence-electron chi connectivity index (χ2n) is 4.82. The van der Waals surface area contributed by atoms with E-state index < -0.39 is 0 Å². The molecule has 1 aliphatic heterocycles. The summed E-state index contributed by atoms with van der Waals surface area (Å²) in [6.07, 6.45) is 2.56. The second-order valence-corrected chi connectivity index (χ2v) is 5.64. The van der Waals surface area contributed by atoms with Crippen LogP contribution in [0.15, 0.2) is 18.2 Å². The second kappa shape index (κ2) is 6.76. The Morgan fingerprint density at radius 3 is 2.61 bits per heavy atom. The van der Waals surface area contributed by atoms with Crippen molar-refractivity contribution in [3.05, 3.63) is 33.8 Å². The summed E-state index contributed by atoms with van der Waals surface area (Å²) in [5.41, 5.74) is 1.04. The van der Waals surface area contributed by atoms with Crippen LogP contribution in [0.4, 0.5) is 0 Å². The predicted octanol–water partition coefficient (Wildman–Crippen LogP) is 3.57. The molecule has 100 valence electrons. The van der Waals surface area contributed by atoms with Crippen LogP contribution in [0.1, 0.15) is 25.3 Å². The van der Waals surface area contributed by atoms with Gasteiger partial charge in [0.1, 0.15) is 0 Å². The summed E-state index contributed by atoms with van der Waals surface area (Å²) in [5, 5.41) is 5.06. The quantitative estimate of drug-likeness (QED) is 0.890. The molecule has 0 amide bonds. The Hall–Kier alpha value is -0.280. The standard InChI is InChI=1S/C14H20Cl2N2/c1-2-18(9-11-5-4-8-17-11)10-12-13(15)6-3-7-14(12)16/h3,6-7,11,17H,2,4-5,8-10H2,1H3. The van der Waals surface area contributed by atoms with E-state index in [9.17, 15) is 0 Å². The van der Waals surface area contributed by atoms with E-state index in [4.69, 9.17) is 23.2 Å². The lowest BCUT2D eigenvalue weighted by Gasteiger charge is -2.25. The summed E-state index contributed by atoms with van der Waals surface area (Å²) in [6.45, 7) is 6.24. The van der Waals surface area contributed by atoms with E-state index in [1.807, 2.05) is 18.2 Å². The molecule has 2 rings (SSSR count). The van der Waals surface area contributed by atoms with Gasteiger partial charge in [-0.1, -0.05) is 36.2 Å². The summed E-state index contributed by atoms with van der Waals surface area (Å²) in [6, 6.07) is 6.32. The third kappa shape index (κ3) is 3.61. The van der Waals surface area contributed by atoms with Crippen LogP contribution in [0.3, 0.4) is 0 Å². The Morgan fingerprint density at radius 1 is 1.33 bits per heavy atom. The van der Waals surface area contributed by atoms with Gasteiger partial charge in [0.25, 0.3) is 0 Å². The SMILES string of the molecule is CCN(Cc1c(Cl)cccc1Cl)CC1CCCN1. The summed E-state index contributed by atoms with van der Waals surface area (Å²) in [5.74, 6) is 0. The van der Waals surface area contributed by atoms with Crippen molar-refractivity contribution < 1.29 is 0 Å². The molecule has 1 aromatic rings. The van der Waals surface area contributed by atoms with Gasteiger partial charge in [0, 0.05) is 34.7 Å². The minimum atomic E-state index is 0.617. The van der Waals surface area contributed by atoms with Crippen LogP contribution in [0.5, 0.6) is 0 Å². The van der Waals surface area contributed by atoms with Gasteiger partial charge in [-0.2, -0.15) is 0 Å². The summed E-state index contributed by atoms with van der Waals surface area (Å²) >= 11 is 12.4. The van der Waals surface area contributed by atoms with Crippen LogP contribution in [0.2, 0.25) is 10.0 Å². The van der Waals surface area contributed by atoms with Crippen LogP contribution in [0.25, 0.3) is 0 Å². The van der Waals surface area contributed by atoms with Crippen molar-refractivity contribution in [3.63, 3.8) is 0 Å². The van der Waals surface area contributed by atoms with Crippen molar-refractivity contribution in [2.45, 2.75) is 32.4 Å². The maximum atomic E-state index is 6.22. The molecule has 0 aromatic heterocycles. The van der Waals surface area contributed by atoms with Crippen LogP contribution < -0.4 is 5.32 Å². The zero-order valence-electron chi connectivity index (χ0n) is 10.8. The molecule has 1 saturated heterocycles. The molecule has 1 atom stereocenters. The van der Waals surface area contributed by atoms with E-state index in [1.165, 1.54) is 12.8 Å². The lowest BCUT2D eigenvalue weighted by molar-refractivity contribution is 0.253. The van der Waals surface area contributed by atoms with Crippen molar-refractivity contribution in [2.24, 2.45) is 0 Å². The molecule has 1 heterocycles. The first kappa shape index (κ1) is 14.1. The molecule has 4 heteroatoms. The molecule has 0 aliphatic carbocycles. The Bertz CT molecular complexity index is 369. The number of hydrogen-bond acceptors (Lipinski definition) is 2. The summed E-state index contributed by atoms with van der Waals surface area (Å²) < 4.78 is 0. The molecule has 0 spiro atoms. The van der Waals surface area contributed by atoms with Crippen molar-refractivity contribution in [3.8, 4) is 0 Å². The van der Waals surface area contributed by atoms with E-state index >= 15 is 0 Å². The average Bonchev–Trinajstić information content (AvgIpc) is 2.85. The van der Waals surface area contributed by atoms with Crippen molar-refractivity contribution in [2.75, 3.05) is 19.6 Å². The monoisotopic (exact) mass is 286 g/mol. The summed E-state index contributed by atoms with van der Waals surface area (Å²) in [7, 11) is 0. The molecule has 0 saturated carbocycles. The number of nitrogens with zero attached hydrogens (tertiary/aromatic N) is 1.